The van der Waals surface area contributed by atoms with Gasteiger partial charge in [0.25, 0.3) is 0 Å². The summed E-state index contributed by atoms with van der Waals surface area (Å²) < 4.78 is 0. The number of carbonyl (C=O) groups excluding carboxylic acids is 2. The van der Waals surface area contributed by atoms with Crippen molar-refractivity contribution in [3.63, 3.8) is 0 Å². The van der Waals surface area contributed by atoms with Gasteiger partial charge in [0.1, 0.15) is 11.6 Å². The van der Waals surface area contributed by atoms with Crippen molar-refractivity contribution in [2.75, 3.05) is 0 Å². The lowest BCUT2D eigenvalue weighted by atomic mass is 10.2. The number of Topliss-reactive ketones (excluding diaryl/α,β-unsaturated/α-hetero) is 2. The van der Waals surface area contributed by atoms with Crippen LogP contribution in [0.15, 0.2) is 0 Å². The number of rotatable bonds is 2. The van der Waals surface area contributed by atoms with Gasteiger partial charge in [0, 0.05) is 0 Å². The summed E-state index contributed by atoms with van der Waals surface area (Å²) in [5.74, 6) is -0.125. The minimum absolute atomic E-state index is 0.0625. The normalized spacial score (nSPS) is 7.60. The Balaban J connectivity index is 0. The molecule has 10 heavy (non-hydrogen) atoms. The Labute approximate surface area is 62.6 Å². The predicted molar refractivity (Wildman–Crippen MR) is 41.9 cm³/mol. The molecule has 0 bridgehead atoms. The second kappa shape index (κ2) is 8.34. The first-order valence-corrected chi connectivity index (χ1v) is 3.53. The average molecular weight is 144 g/mol. The summed E-state index contributed by atoms with van der Waals surface area (Å²) in [4.78, 5) is 20.1. The molecule has 0 saturated heterocycles. The molecule has 0 aliphatic rings. The molecule has 2 nitrogen and oxygen atoms in total. The Morgan fingerprint density at radius 2 is 1.20 bits per heavy atom. The van der Waals surface area contributed by atoms with Gasteiger partial charge in [-0.3, -0.25) is 9.59 Å². The number of carbonyl (C=O) groups is 2. The van der Waals surface area contributed by atoms with Crippen LogP contribution in [0.4, 0.5) is 0 Å². The molecule has 0 atom stereocenters. The molecule has 0 aromatic heterocycles. The third-order valence-corrected chi connectivity index (χ3v) is 0.498. The zero-order valence-corrected chi connectivity index (χ0v) is 7.23. The predicted octanol–water partition coefficient (Wildman–Crippen LogP) is 1.97. The van der Waals surface area contributed by atoms with Gasteiger partial charge in [-0.2, -0.15) is 0 Å². The van der Waals surface area contributed by atoms with E-state index in [-0.39, 0.29) is 18.0 Å². The van der Waals surface area contributed by atoms with Crippen molar-refractivity contribution < 1.29 is 9.59 Å². The molecule has 0 aliphatic carbocycles. The molecule has 0 unspecified atom stereocenters. The summed E-state index contributed by atoms with van der Waals surface area (Å²) in [6.07, 6.45) is 1.33. The fourth-order valence-electron chi connectivity index (χ4n) is 0.351. The number of hydrogen-bond acceptors (Lipinski definition) is 2. The maximum atomic E-state index is 10.0. The summed E-state index contributed by atoms with van der Waals surface area (Å²) in [5.41, 5.74) is 0. The van der Waals surface area contributed by atoms with Crippen LogP contribution in [0.2, 0.25) is 0 Å². The average Bonchev–Trinajstić information content (AvgIpc) is 1.62. The molecule has 0 saturated carbocycles. The molecule has 0 aromatic rings. The molecule has 0 amide bonds. The Hall–Kier alpha value is -0.660. The summed E-state index contributed by atoms with van der Waals surface area (Å²) in [5, 5.41) is 0. The van der Waals surface area contributed by atoms with E-state index in [1.165, 1.54) is 20.3 Å². The first kappa shape index (κ1) is 12.1. The van der Waals surface area contributed by atoms with E-state index in [0.717, 1.165) is 0 Å². The van der Waals surface area contributed by atoms with Crippen molar-refractivity contribution in [3.8, 4) is 0 Å². The quantitative estimate of drug-likeness (QED) is 0.555. The zero-order chi connectivity index (χ0) is 8.57. The van der Waals surface area contributed by atoms with E-state index in [9.17, 15) is 9.59 Å². The van der Waals surface area contributed by atoms with Gasteiger partial charge in [-0.05, 0) is 13.8 Å². The Morgan fingerprint density at radius 1 is 1.00 bits per heavy atom. The maximum Gasteiger partial charge on any atom is 0.137 e. The molecular weight excluding hydrogens is 128 g/mol. The van der Waals surface area contributed by atoms with E-state index in [1.807, 2.05) is 0 Å². The first-order chi connectivity index (χ1) is 4.54. The highest BCUT2D eigenvalue weighted by molar-refractivity contribution is 5.96. The summed E-state index contributed by atoms with van der Waals surface area (Å²) >= 11 is 0. The van der Waals surface area contributed by atoms with Crippen molar-refractivity contribution in [3.05, 3.63) is 0 Å². The fourth-order valence-corrected chi connectivity index (χ4v) is 0.351. The third kappa shape index (κ3) is 26.4. The van der Waals surface area contributed by atoms with E-state index in [0.29, 0.717) is 0 Å². The highest BCUT2D eigenvalue weighted by Crippen LogP contribution is 1.80. The standard InChI is InChI=1S/C5H8O2.C3H8/c1-4(6)3-5(2)7;1-3-2/h3H2,1-2H3;3H2,1-2H3. The Morgan fingerprint density at radius 3 is 1.20 bits per heavy atom. The van der Waals surface area contributed by atoms with Gasteiger partial charge >= 0.3 is 0 Å². The third-order valence-electron chi connectivity index (χ3n) is 0.498. The van der Waals surface area contributed by atoms with Gasteiger partial charge in [-0.1, -0.05) is 20.3 Å². The second-order valence-corrected chi connectivity index (χ2v) is 2.29. The molecule has 0 aromatic carbocycles. The minimum Gasteiger partial charge on any atom is -0.300 e. The van der Waals surface area contributed by atoms with Crippen LogP contribution in [-0.4, -0.2) is 11.6 Å². The smallest absolute Gasteiger partial charge is 0.137 e. The fraction of sp³-hybridized carbons (Fsp3) is 0.750. The van der Waals surface area contributed by atoms with E-state index >= 15 is 0 Å². The Bertz CT molecular complexity index is 93.8. The van der Waals surface area contributed by atoms with Crippen molar-refractivity contribution in [1.82, 2.24) is 0 Å². The molecule has 0 radical (unpaired) electrons. The van der Waals surface area contributed by atoms with Crippen LogP contribution < -0.4 is 0 Å². The van der Waals surface area contributed by atoms with Gasteiger partial charge in [-0.25, -0.2) is 0 Å². The maximum absolute atomic E-state index is 10.0. The summed E-state index contributed by atoms with van der Waals surface area (Å²) in [6.45, 7) is 7.06. The van der Waals surface area contributed by atoms with E-state index in [2.05, 4.69) is 13.8 Å². The van der Waals surface area contributed by atoms with Crippen molar-refractivity contribution in [2.24, 2.45) is 0 Å². The second-order valence-electron chi connectivity index (χ2n) is 2.29. The van der Waals surface area contributed by atoms with Crippen LogP contribution in [0.5, 0.6) is 0 Å². The summed E-state index contributed by atoms with van der Waals surface area (Å²) in [6, 6.07) is 0. The van der Waals surface area contributed by atoms with Crippen LogP contribution in [0.25, 0.3) is 0 Å². The van der Waals surface area contributed by atoms with Gasteiger partial charge in [0.2, 0.25) is 0 Å². The van der Waals surface area contributed by atoms with Crippen molar-refractivity contribution in [2.45, 2.75) is 40.5 Å². The largest absolute Gasteiger partial charge is 0.300 e. The van der Waals surface area contributed by atoms with E-state index in [1.54, 1.807) is 0 Å². The van der Waals surface area contributed by atoms with Gasteiger partial charge in [0.15, 0.2) is 0 Å². The van der Waals surface area contributed by atoms with Crippen LogP contribution >= 0.6 is 0 Å². The first-order valence-electron chi connectivity index (χ1n) is 3.53. The van der Waals surface area contributed by atoms with Gasteiger partial charge in [0.05, 0.1) is 6.42 Å². The SMILES string of the molecule is CC(=O)CC(C)=O.CCC. The highest BCUT2D eigenvalue weighted by Gasteiger charge is 1.94. The zero-order valence-electron chi connectivity index (χ0n) is 7.23. The lowest BCUT2D eigenvalue weighted by Crippen LogP contribution is -1.97. The molecule has 0 N–H and O–H groups in total. The molecule has 0 heterocycles. The van der Waals surface area contributed by atoms with Gasteiger partial charge in [-0.15, -0.1) is 0 Å². The molecular formula is C8H16O2. The molecule has 0 fully saturated rings. The van der Waals surface area contributed by atoms with Crippen molar-refractivity contribution in [1.29, 1.82) is 0 Å². The molecule has 0 rings (SSSR count). The minimum atomic E-state index is -0.0625. The summed E-state index contributed by atoms with van der Waals surface area (Å²) in [7, 11) is 0. The molecule has 60 valence electrons. The molecule has 0 aliphatic heterocycles. The number of hydrogen-bond donors (Lipinski definition) is 0. The molecule has 0 spiro atoms. The van der Waals surface area contributed by atoms with Crippen LogP contribution in [0.3, 0.4) is 0 Å². The van der Waals surface area contributed by atoms with Crippen LogP contribution in [0.1, 0.15) is 40.5 Å². The van der Waals surface area contributed by atoms with Crippen LogP contribution in [-0.2, 0) is 9.59 Å². The van der Waals surface area contributed by atoms with Crippen molar-refractivity contribution >= 4 is 11.6 Å². The number of ketones is 2. The van der Waals surface area contributed by atoms with E-state index in [4.69, 9.17) is 0 Å². The van der Waals surface area contributed by atoms with E-state index < -0.39 is 0 Å². The lowest BCUT2D eigenvalue weighted by molar-refractivity contribution is -0.124. The Kier molecular flexibility index (Phi) is 10.1. The lowest BCUT2D eigenvalue weighted by Gasteiger charge is -1.81. The van der Waals surface area contributed by atoms with Crippen LogP contribution in [0, 0.1) is 0 Å². The highest BCUT2D eigenvalue weighted by atomic mass is 16.1. The monoisotopic (exact) mass is 144 g/mol. The van der Waals surface area contributed by atoms with Gasteiger partial charge < -0.3 is 0 Å². The topological polar surface area (TPSA) is 34.1 Å². The molecule has 2 heteroatoms.